The molecule has 6 heteroatoms. The molecule has 0 amide bonds. The number of nitrogens with zero attached hydrogens (tertiary/aromatic N) is 3. The first kappa shape index (κ1) is 19.5. The third-order valence-electron chi connectivity index (χ3n) is 4.71. The van der Waals surface area contributed by atoms with Crippen LogP contribution in [0.25, 0.3) is 0 Å². The average Bonchev–Trinajstić information content (AvgIpc) is 2.31. The van der Waals surface area contributed by atoms with Crippen molar-refractivity contribution in [2.45, 2.75) is 60.4 Å². The van der Waals surface area contributed by atoms with Gasteiger partial charge in [-0.15, -0.1) is 0 Å². The molecule has 0 aliphatic heterocycles. The van der Waals surface area contributed by atoms with Crippen LogP contribution in [0.5, 0.6) is 0 Å². The predicted molar refractivity (Wildman–Crippen MR) is 97.1 cm³/mol. The van der Waals surface area contributed by atoms with Crippen molar-refractivity contribution in [2.24, 2.45) is 0 Å². The third-order valence-corrected chi connectivity index (χ3v) is 22.2. The molecule has 0 radical (unpaired) electrons. The molecule has 0 saturated heterocycles. The standard InChI is InChI=1S/C13H37N3Si3/c1-10-14(11-2)18(6,7)16(17-5)19(8,9)15(12-3)13-4/h10-13,17H2,1-9H3. The van der Waals surface area contributed by atoms with Gasteiger partial charge in [-0.3, -0.25) is 0 Å². The Labute approximate surface area is 126 Å². The minimum Gasteiger partial charge on any atom is -0.349 e. The molecule has 0 heterocycles. The van der Waals surface area contributed by atoms with E-state index in [2.05, 4.69) is 73.5 Å². The fourth-order valence-corrected chi connectivity index (χ4v) is 21.2. The van der Waals surface area contributed by atoms with E-state index in [1.54, 1.807) is 0 Å². The van der Waals surface area contributed by atoms with E-state index in [0.717, 1.165) is 0 Å². The Morgan fingerprint density at radius 3 is 1.11 bits per heavy atom. The summed E-state index contributed by atoms with van der Waals surface area (Å²) >= 11 is 0. The molecule has 0 fully saturated rings. The molecule has 3 nitrogen and oxygen atoms in total. The van der Waals surface area contributed by atoms with E-state index >= 15 is 0 Å². The Balaban J connectivity index is 5.39. The van der Waals surface area contributed by atoms with Gasteiger partial charge in [0.1, 0.15) is 0 Å². The van der Waals surface area contributed by atoms with Crippen LogP contribution in [0, 0.1) is 0 Å². The van der Waals surface area contributed by atoms with Gasteiger partial charge in [-0.25, -0.2) is 0 Å². The molecule has 0 saturated carbocycles. The molecule has 0 aliphatic carbocycles. The highest BCUT2D eigenvalue weighted by atomic mass is 28.5. The van der Waals surface area contributed by atoms with E-state index < -0.39 is 16.8 Å². The van der Waals surface area contributed by atoms with E-state index in [-0.39, 0.29) is 9.68 Å². The summed E-state index contributed by atoms with van der Waals surface area (Å²) in [5.74, 6) is 0. The predicted octanol–water partition coefficient (Wildman–Crippen LogP) is 2.51. The van der Waals surface area contributed by atoms with E-state index in [0.29, 0.717) is 0 Å². The van der Waals surface area contributed by atoms with Gasteiger partial charge in [-0.2, -0.15) is 0 Å². The van der Waals surface area contributed by atoms with Crippen molar-refractivity contribution in [3.8, 4) is 0 Å². The SMILES string of the molecule is CCN(CC)[Si](C)(C)N([SiH2]C)[Si](C)(C)N(CC)CC. The third kappa shape index (κ3) is 4.25. The number of hydrogen-bond acceptors (Lipinski definition) is 3. The van der Waals surface area contributed by atoms with Gasteiger partial charge in [0, 0.05) is 0 Å². The highest BCUT2D eigenvalue weighted by Crippen LogP contribution is 2.24. The molecule has 0 aliphatic rings. The fraction of sp³-hybridized carbons (Fsp3) is 1.00. The van der Waals surface area contributed by atoms with Crippen LogP contribution in [0.4, 0.5) is 0 Å². The summed E-state index contributed by atoms with van der Waals surface area (Å²) in [6.45, 7) is 26.8. The zero-order valence-electron chi connectivity index (χ0n) is 14.9. The van der Waals surface area contributed by atoms with E-state index in [1.807, 2.05) is 0 Å². The van der Waals surface area contributed by atoms with Crippen LogP contribution >= 0.6 is 0 Å². The maximum Gasteiger partial charge on any atom is 0.187 e. The molecule has 19 heavy (non-hydrogen) atoms. The van der Waals surface area contributed by atoms with Crippen molar-refractivity contribution >= 4 is 26.5 Å². The van der Waals surface area contributed by atoms with Crippen LogP contribution in [0.2, 0.25) is 32.7 Å². The summed E-state index contributed by atoms with van der Waals surface area (Å²) in [6.07, 6.45) is 0. The fourth-order valence-electron chi connectivity index (χ4n) is 3.78. The smallest absolute Gasteiger partial charge is 0.187 e. The monoisotopic (exact) mass is 319 g/mol. The Bertz CT molecular complexity index is 228. The zero-order chi connectivity index (χ0) is 15.3. The van der Waals surface area contributed by atoms with E-state index in [9.17, 15) is 0 Å². The maximum absolute atomic E-state index is 3.04. The first-order chi connectivity index (χ1) is 8.73. The minimum absolute atomic E-state index is 0.130. The van der Waals surface area contributed by atoms with Crippen LogP contribution in [0.3, 0.4) is 0 Å². The van der Waals surface area contributed by atoms with Crippen LogP contribution in [-0.2, 0) is 0 Å². The van der Waals surface area contributed by atoms with Gasteiger partial charge in [-0.05, 0) is 52.4 Å². The second-order valence-corrected chi connectivity index (χ2v) is 17.4. The minimum atomic E-state index is -1.44. The maximum atomic E-state index is 3.04. The molecule has 0 spiro atoms. The lowest BCUT2D eigenvalue weighted by Gasteiger charge is -2.54. The van der Waals surface area contributed by atoms with Crippen molar-refractivity contribution in [1.82, 2.24) is 13.0 Å². The second-order valence-electron chi connectivity index (χ2n) is 6.08. The normalized spacial score (nSPS) is 14.5. The summed E-state index contributed by atoms with van der Waals surface area (Å²) in [4.78, 5) is 0. The molecule has 0 unspecified atom stereocenters. The Morgan fingerprint density at radius 2 is 0.947 bits per heavy atom. The zero-order valence-corrected chi connectivity index (χ0v) is 18.3. The van der Waals surface area contributed by atoms with Crippen molar-refractivity contribution in [3.05, 3.63) is 0 Å². The summed E-state index contributed by atoms with van der Waals surface area (Å²) in [5, 5.41) is 0. The Hall–Kier alpha value is 0.531. The van der Waals surface area contributed by atoms with Crippen LogP contribution < -0.4 is 0 Å². The molecule has 0 aromatic heterocycles. The van der Waals surface area contributed by atoms with Gasteiger partial charge in [0.25, 0.3) is 0 Å². The Kier molecular flexibility index (Phi) is 8.32. The quantitative estimate of drug-likeness (QED) is 0.605. The van der Waals surface area contributed by atoms with Gasteiger partial charge in [0.15, 0.2) is 16.8 Å². The molecule has 0 bridgehead atoms. The van der Waals surface area contributed by atoms with Crippen LogP contribution in [0.1, 0.15) is 27.7 Å². The van der Waals surface area contributed by atoms with Crippen molar-refractivity contribution < 1.29 is 0 Å². The van der Waals surface area contributed by atoms with Gasteiger partial charge in [-0.1, -0.05) is 34.2 Å². The lowest BCUT2D eigenvalue weighted by atomic mass is 10.7. The van der Waals surface area contributed by atoms with Gasteiger partial charge in [0.05, 0.1) is 9.68 Å². The highest BCUT2D eigenvalue weighted by Gasteiger charge is 2.45. The number of hydrogen-bond donors (Lipinski definition) is 0. The largest absolute Gasteiger partial charge is 0.349 e. The van der Waals surface area contributed by atoms with Crippen molar-refractivity contribution in [2.75, 3.05) is 26.2 Å². The number of rotatable bonds is 9. The molecule has 0 aromatic carbocycles. The van der Waals surface area contributed by atoms with Gasteiger partial charge < -0.3 is 13.0 Å². The summed E-state index contributed by atoms with van der Waals surface area (Å²) in [6, 6.07) is 0. The van der Waals surface area contributed by atoms with E-state index in [1.165, 1.54) is 26.2 Å². The molecule has 0 aromatic rings. The Morgan fingerprint density at radius 1 is 0.684 bits per heavy atom. The van der Waals surface area contributed by atoms with E-state index in [4.69, 9.17) is 0 Å². The summed E-state index contributed by atoms with van der Waals surface area (Å²) in [5.41, 5.74) is 0. The van der Waals surface area contributed by atoms with Crippen molar-refractivity contribution in [1.29, 1.82) is 0 Å². The lowest BCUT2D eigenvalue weighted by molar-refractivity contribution is 0.413. The summed E-state index contributed by atoms with van der Waals surface area (Å²) in [7, 11) is -3.02. The molecule has 0 N–H and O–H groups in total. The first-order valence-electron chi connectivity index (χ1n) is 8.01. The second kappa shape index (κ2) is 8.09. The average molecular weight is 320 g/mol. The van der Waals surface area contributed by atoms with Crippen LogP contribution in [-0.4, -0.2) is 65.7 Å². The first-order valence-corrected chi connectivity index (χ1v) is 15.8. The molecule has 0 rings (SSSR count). The van der Waals surface area contributed by atoms with Gasteiger partial charge >= 0.3 is 0 Å². The topological polar surface area (TPSA) is 9.72 Å². The molecular weight excluding hydrogens is 282 g/mol. The lowest BCUT2D eigenvalue weighted by Crippen LogP contribution is -2.75. The molecular formula is C13H37N3Si3. The van der Waals surface area contributed by atoms with Gasteiger partial charge in [0.2, 0.25) is 0 Å². The highest BCUT2D eigenvalue weighted by molar-refractivity contribution is 6.94. The van der Waals surface area contributed by atoms with Crippen molar-refractivity contribution in [3.63, 3.8) is 0 Å². The van der Waals surface area contributed by atoms with Crippen LogP contribution in [0.15, 0.2) is 0 Å². The molecule has 116 valence electrons. The molecule has 0 atom stereocenters. The summed E-state index contributed by atoms with van der Waals surface area (Å²) < 4.78 is 8.55.